The van der Waals surface area contributed by atoms with Crippen LogP contribution in [0.4, 0.5) is 8.78 Å². The maximum absolute atomic E-state index is 13.2. The number of nitrogens with zero attached hydrogens (tertiary/aromatic N) is 1. The molecule has 0 spiro atoms. The van der Waals surface area contributed by atoms with Gasteiger partial charge in [0.25, 0.3) is 0 Å². The summed E-state index contributed by atoms with van der Waals surface area (Å²) in [5.74, 6) is -2.28. The first-order chi connectivity index (χ1) is 10.1. The van der Waals surface area contributed by atoms with Crippen molar-refractivity contribution in [2.45, 2.75) is 50.9 Å². The molecule has 1 saturated carbocycles. The molecule has 1 unspecified atom stereocenters. The second kappa shape index (κ2) is 7.31. The molecule has 0 radical (unpaired) electrons. The number of carbonyl (C=O) groups excluding carboxylic acids is 1. The third-order valence-electron chi connectivity index (χ3n) is 4.19. The van der Waals surface area contributed by atoms with Crippen molar-refractivity contribution >= 4 is 5.78 Å². The highest BCUT2D eigenvalue weighted by Gasteiger charge is 2.23. The van der Waals surface area contributed by atoms with Crippen molar-refractivity contribution in [2.24, 2.45) is 5.92 Å². The van der Waals surface area contributed by atoms with Crippen LogP contribution in [0.5, 0.6) is 0 Å². The van der Waals surface area contributed by atoms with Crippen molar-refractivity contribution in [3.8, 4) is 6.07 Å². The van der Waals surface area contributed by atoms with Gasteiger partial charge in [-0.05, 0) is 30.0 Å². The fraction of sp³-hybridized carbons (Fsp3) is 0.529. The Morgan fingerprint density at radius 3 is 2.38 bits per heavy atom. The molecule has 1 atom stereocenters. The van der Waals surface area contributed by atoms with E-state index in [4.69, 9.17) is 5.26 Å². The molecule has 0 aromatic heterocycles. The van der Waals surface area contributed by atoms with Gasteiger partial charge in [-0.1, -0.05) is 32.1 Å². The van der Waals surface area contributed by atoms with E-state index in [9.17, 15) is 13.6 Å². The van der Waals surface area contributed by atoms with E-state index < -0.39 is 17.6 Å². The molecule has 0 bridgehead atoms. The number of hydrogen-bond acceptors (Lipinski definition) is 2. The van der Waals surface area contributed by atoms with E-state index in [2.05, 4.69) is 0 Å². The lowest BCUT2D eigenvalue weighted by Gasteiger charge is -2.21. The lowest BCUT2D eigenvalue weighted by Crippen LogP contribution is -2.14. The number of rotatable bonds is 5. The van der Waals surface area contributed by atoms with Gasteiger partial charge < -0.3 is 0 Å². The predicted octanol–water partition coefficient (Wildman–Crippen LogP) is 4.50. The minimum Gasteiger partial charge on any atom is -0.298 e. The van der Waals surface area contributed by atoms with Crippen LogP contribution in [0.25, 0.3) is 0 Å². The highest BCUT2D eigenvalue weighted by Crippen LogP contribution is 2.29. The number of carbonyl (C=O) groups is 1. The first-order valence-corrected chi connectivity index (χ1v) is 7.48. The first kappa shape index (κ1) is 15.6. The van der Waals surface area contributed by atoms with Crippen molar-refractivity contribution in [1.82, 2.24) is 0 Å². The van der Waals surface area contributed by atoms with Gasteiger partial charge in [-0.3, -0.25) is 4.79 Å². The Hall–Kier alpha value is -1.76. The molecule has 0 N–H and O–H groups in total. The zero-order chi connectivity index (χ0) is 15.2. The van der Waals surface area contributed by atoms with Crippen LogP contribution in [0.15, 0.2) is 18.2 Å². The number of benzene rings is 1. The van der Waals surface area contributed by atoms with Crippen molar-refractivity contribution in [1.29, 1.82) is 5.26 Å². The summed E-state index contributed by atoms with van der Waals surface area (Å²) >= 11 is 0. The van der Waals surface area contributed by atoms with E-state index >= 15 is 0 Å². The van der Waals surface area contributed by atoms with E-state index in [0.717, 1.165) is 37.5 Å². The Morgan fingerprint density at radius 1 is 1.19 bits per heavy atom. The number of ketones is 1. The Morgan fingerprint density at radius 2 is 1.81 bits per heavy atom. The van der Waals surface area contributed by atoms with Crippen molar-refractivity contribution in [3.63, 3.8) is 0 Å². The highest BCUT2D eigenvalue weighted by molar-refractivity contribution is 5.88. The fourth-order valence-electron chi connectivity index (χ4n) is 3.04. The summed E-state index contributed by atoms with van der Waals surface area (Å²) in [6, 6.07) is 4.75. The molecule has 1 fully saturated rings. The molecule has 1 aliphatic rings. The quantitative estimate of drug-likeness (QED) is 0.801. The molecule has 0 saturated heterocycles. The highest BCUT2D eigenvalue weighted by atomic mass is 19.1. The molecule has 0 aliphatic heterocycles. The number of hydrogen-bond donors (Lipinski definition) is 0. The molecule has 2 rings (SSSR count). The van der Waals surface area contributed by atoms with Crippen LogP contribution in [0, 0.1) is 28.9 Å². The van der Waals surface area contributed by atoms with Gasteiger partial charge in [-0.25, -0.2) is 8.78 Å². The second-order valence-corrected chi connectivity index (χ2v) is 5.77. The average molecular weight is 291 g/mol. The zero-order valence-corrected chi connectivity index (χ0v) is 11.9. The van der Waals surface area contributed by atoms with Crippen molar-refractivity contribution in [3.05, 3.63) is 35.4 Å². The van der Waals surface area contributed by atoms with Crippen molar-refractivity contribution < 1.29 is 13.6 Å². The van der Waals surface area contributed by atoms with E-state index in [0.29, 0.717) is 12.3 Å². The molecule has 4 heteroatoms. The number of Topliss-reactive ketones (excluding diaryl/α,β-unsaturated/α-hetero) is 1. The molecular formula is C17H19F2NO. The number of halogens is 2. The van der Waals surface area contributed by atoms with Gasteiger partial charge in [0.05, 0.1) is 6.07 Å². The Labute approximate surface area is 123 Å². The van der Waals surface area contributed by atoms with E-state index in [1.54, 1.807) is 0 Å². The van der Waals surface area contributed by atoms with Crippen LogP contribution in [-0.4, -0.2) is 5.78 Å². The normalized spacial score (nSPS) is 17.2. The Kier molecular flexibility index (Phi) is 5.44. The minimum atomic E-state index is -1.07. The van der Waals surface area contributed by atoms with Gasteiger partial charge in [0.2, 0.25) is 0 Å². The van der Waals surface area contributed by atoms with Gasteiger partial charge in [0, 0.05) is 12.5 Å². The standard InChI is InChI=1S/C17H19F2NO/c18-14-8-13(9-15(19)10-14)16(11-20)17(21)7-6-12-4-2-1-3-5-12/h8-10,12,16H,1-7H2. The molecule has 1 aliphatic carbocycles. The second-order valence-electron chi connectivity index (χ2n) is 5.77. The van der Waals surface area contributed by atoms with Crippen LogP contribution in [-0.2, 0) is 4.79 Å². The number of nitriles is 1. The molecule has 1 aromatic rings. The summed E-state index contributed by atoms with van der Waals surface area (Å²) in [6.07, 6.45) is 7.02. The summed E-state index contributed by atoms with van der Waals surface area (Å²) in [7, 11) is 0. The van der Waals surface area contributed by atoms with Gasteiger partial charge >= 0.3 is 0 Å². The summed E-state index contributed by atoms with van der Waals surface area (Å²) in [5.41, 5.74) is 0.114. The average Bonchev–Trinajstić information content (AvgIpc) is 2.46. The zero-order valence-electron chi connectivity index (χ0n) is 11.9. The molecular weight excluding hydrogens is 272 g/mol. The van der Waals surface area contributed by atoms with E-state index in [1.807, 2.05) is 6.07 Å². The van der Waals surface area contributed by atoms with Gasteiger partial charge in [-0.15, -0.1) is 0 Å². The largest absolute Gasteiger partial charge is 0.298 e. The Balaban J connectivity index is 1.99. The molecule has 112 valence electrons. The van der Waals surface area contributed by atoms with Gasteiger partial charge in [0.15, 0.2) is 5.78 Å². The SMILES string of the molecule is N#CC(C(=O)CCC1CCCCC1)c1cc(F)cc(F)c1. The van der Waals surface area contributed by atoms with E-state index in [1.165, 1.54) is 19.3 Å². The fourth-order valence-corrected chi connectivity index (χ4v) is 3.04. The lowest BCUT2D eigenvalue weighted by molar-refractivity contribution is -0.119. The molecule has 2 nitrogen and oxygen atoms in total. The summed E-state index contributed by atoms with van der Waals surface area (Å²) in [6.45, 7) is 0. The lowest BCUT2D eigenvalue weighted by atomic mass is 9.84. The summed E-state index contributed by atoms with van der Waals surface area (Å²) < 4.78 is 26.4. The molecule has 1 aromatic carbocycles. The van der Waals surface area contributed by atoms with Crippen LogP contribution >= 0.6 is 0 Å². The van der Waals surface area contributed by atoms with Gasteiger partial charge in [0.1, 0.15) is 17.6 Å². The molecule has 0 heterocycles. The first-order valence-electron chi connectivity index (χ1n) is 7.48. The summed E-state index contributed by atoms with van der Waals surface area (Å²) in [4.78, 5) is 12.2. The van der Waals surface area contributed by atoms with Crippen LogP contribution < -0.4 is 0 Å². The van der Waals surface area contributed by atoms with Crippen LogP contribution in [0.3, 0.4) is 0 Å². The third kappa shape index (κ3) is 4.35. The Bertz CT molecular complexity index is 524. The van der Waals surface area contributed by atoms with E-state index in [-0.39, 0.29) is 11.3 Å². The van der Waals surface area contributed by atoms with Gasteiger partial charge in [-0.2, -0.15) is 5.26 Å². The smallest absolute Gasteiger partial charge is 0.154 e. The van der Waals surface area contributed by atoms with Crippen molar-refractivity contribution in [2.75, 3.05) is 0 Å². The third-order valence-corrected chi connectivity index (χ3v) is 4.19. The summed E-state index contributed by atoms with van der Waals surface area (Å²) in [5, 5.41) is 9.15. The van der Waals surface area contributed by atoms with Crippen LogP contribution in [0.2, 0.25) is 0 Å². The monoisotopic (exact) mass is 291 g/mol. The van der Waals surface area contributed by atoms with Crippen LogP contribution in [0.1, 0.15) is 56.4 Å². The molecule has 21 heavy (non-hydrogen) atoms. The maximum Gasteiger partial charge on any atom is 0.154 e. The topological polar surface area (TPSA) is 40.9 Å². The minimum absolute atomic E-state index is 0.114. The molecule has 0 amide bonds. The maximum atomic E-state index is 13.2. The predicted molar refractivity (Wildman–Crippen MR) is 75.5 cm³/mol.